The van der Waals surface area contributed by atoms with Gasteiger partial charge < -0.3 is 62.4 Å². The number of thioether (sulfide) groups is 3. The molecule has 0 saturated carbocycles. The highest BCUT2D eigenvalue weighted by Crippen LogP contribution is 2.50. The van der Waals surface area contributed by atoms with Crippen molar-refractivity contribution in [3.8, 4) is 17.2 Å². The van der Waals surface area contributed by atoms with Crippen molar-refractivity contribution < 1.29 is 98.1 Å². The Kier molecular flexibility index (Phi) is 21.8. The van der Waals surface area contributed by atoms with E-state index in [0.29, 0.717) is 23.3 Å². The Bertz CT molecular complexity index is 5610. The summed E-state index contributed by atoms with van der Waals surface area (Å²) in [6.07, 6.45) is 0.395. The minimum absolute atomic E-state index is 0.0845. The van der Waals surface area contributed by atoms with Crippen molar-refractivity contribution in [2.45, 2.75) is 75.5 Å². The zero-order valence-electron chi connectivity index (χ0n) is 60.8. The molecule has 0 bridgehead atoms. The molecule has 0 spiro atoms. The van der Waals surface area contributed by atoms with Crippen molar-refractivity contribution in [1.29, 1.82) is 0 Å². The van der Waals surface area contributed by atoms with Gasteiger partial charge in [0, 0.05) is 105 Å². The molecule has 0 aliphatic carbocycles. The van der Waals surface area contributed by atoms with Crippen molar-refractivity contribution in [3.05, 3.63) is 279 Å². The number of nitrogens with zero attached hydrogens (tertiary/aromatic N) is 9. The van der Waals surface area contributed by atoms with Crippen molar-refractivity contribution in [2.75, 3.05) is 102 Å². The number of methoxy groups -OCH3 is 1. The fourth-order valence-electron chi connectivity index (χ4n) is 15.7. The maximum Gasteiger partial charge on any atom is 0.511 e. The summed E-state index contributed by atoms with van der Waals surface area (Å²) in [5, 5.41) is 16.1. The number of aromatic nitrogens is 3. The summed E-state index contributed by atoms with van der Waals surface area (Å²) in [5.41, 5.74) is 2.42. The summed E-state index contributed by atoms with van der Waals surface area (Å²) in [5.74, 6) is -7.74. The lowest BCUT2D eigenvalue weighted by atomic mass is 9.93. The van der Waals surface area contributed by atoms with Gasteiger partial charge in [-0.1, -0.05) is 72.8 Å². The molecule has 6 atom stereocenters. The van der Waals surface area contributed by atoms with E-state index in [9.17, 15) is 56.6 Å². The molecule has 596 valence electrons. The van der Waals surface area contributed by atoms with Crippen LogP contribution in [0.5, 0.6) is 17.2 Å². The van der Waals surface area contributed by atoms with Crippen LogP contribution in [0.4, 0.5) is 35.9 Å². The second-order valence-corrected chi connectivity index (χ2v) is 29.9. The predicted octanol–water partition coefficient (Wildman–Crippen LogP) is 10.1. The van der Waals surface area contributed by atoms with E-state index >= 15 is 13.2 Å². The Morgan fingerprint density at radius 1 is 0.435 bits per heavy atom. The van der Waals surface area contributed by atoms with Crippen molar-refractivity contribution in [3.63, 3.8) is 0 Å². The summed E-state index contributed by atoms with van der Waals surface area (Å²) in [4.78, 5) is 110. The van der Waals surface area contributed by atoms with Crippen molar-refractivity contribution in [2.24, 2.45) is 0 Å². The van der Waals surface area contributed by atoms with E-state index in [4.69, 9.17) is 37.9 Å². The maximum atomic E-state index is 15.3. The number of rotatable bonds is 10. The number of fused-ring (bicyclic) bond motifs is 12. The largest absolute Gasteiger partial charge is 0.511 e. The summed E-state index contributed by atoms with van der Waals surface area (Å²) < 4.78 is 140. The van der Waals surface area contributed by atoms with Gasteiger partial charge in [0.25, 0.3) is 17.7 Å². The van der Waals surface area contributed by atoms with Crippen LogP contribution in [0.15, 0.2) is 175 Å². The molecule has 9 aromatic rings. The lowest BCUT2D eigenvalue weighted by molar-refractivity contribution is -0.0213. The third-order valence-corrected chi connectivity index (χ3v) is 24.2. The highest BCUT2D eigenvalue weighted by molar-refractivity contribution is 7.99. The molecule has 3 saturated heterocycles. The maximum absolute atomic E-state index is 15.3. The monoisotopic (exact) mass is 1640 g/mol. The van der Waals surface area contributed by atoms with E-state index in [1.54, 1.807) is 39.8 Å². The number of ether oxygens (including phenoxy) is 9. The van der Waals surface area contributed by atoms with E-state index in [1.807, 2.05) is 87.8 Å². The lowest BCUT2D eigenvalue weighted by Crippen LogP contribution is -2.66. The number of hydrogen-bond acceptors (Lipinski definition) is 24. The van der Waals surface area contributed by atoms with Crippen molar-refractivity contribution in [1.82, 2.24) is 28.7 Å². The molecule has 18 rings (SSSR count). The zero-order valence-corrected chi connectivity index (χ0v) is 63.3. The average Bonchev–Trinajstić information content (AvgIpc) is 1.65. The Morgan fingerprint density at radius 2 is 0.774 bits per heavy atom. The summed E-state index contributed by atoms with van der Waals surface area (Å²) in [7, 11) is 1.12. The second-order valence-electron chi connectivity index (χ2n) is 26.9. The van der Waals surface area contributed by atoms with E-state index in [-0.39, 0.29) is 122 Å². The molecule has 9 aliphatic heterocycles. The highest BCUT2D eigenvalue weighted by atomic mass is 32.2. The minimum Gasteiger partial charge on any atom is -0.502 e. The number of halogens is 6. The quantitative estimate of drug-likeness (QED) is 0.0757. The summed E-state index contributed by atoms with van der Waals surface area (Å²) >= 11 is 4.18. The third kappa shape index (κ3) is 13.9. The van der Waals surface area contributed by atoms with Gasteiger partial charge in [-0.3, -0.25) is 57.8 Å². The van der Waals surface area contributed by atoms with Crippen LogP contribution < -0.4 is 40.8 Å². The van der Waals surface area contributed by atoms with Gasteiger partial charge in [-0.2, -0.15) is 0 Å². The number of carbonyl (C=O) groups is 5. The van der Waals surface area contributed by atoms with E-state index in [2.05, 4.69) is 4.74 Å². The van der Waals surface area contributed by atoms with Gasteiger partial charge in [0.1, 0.15) is 18.5 Å². The first-order chi connectivity index (χ1) is 55.8. The van der Waals surface area contributed by atoms with Gasteiger partial charge in [0.15, 0.2) is 57.7 Å². The topological polar surface area (TPSA) is 274 Å². The minimum atomic E-state index is -1.02. The first-order valence-corrected chi connectivity index (χ1v) is 39.0. The van der Waals surface area contributed by atoms with E-state index in [0.717, 1.165) is 56.7 Å². The molecule has 0 unspecified atom stereocenters. The Morgan fingerprint density at radius 3 is 1.14 bits per heavy atom. The molecule has 9 aliphatic rings. The molecular formula is C79H67F6N9O18S3. The Hall–Kier alpha value is -11.6. The van der Waals surface area contributed by atoms with Gasteiger partial charge in [-0.25, -0.2) is 35.9 Å². The summed E-state index contributed by atoms with van der Waals surface area (Å²) in [6.45, 7) is 2.32. The predicted molar refractivity (Wildman–Crippen MR) is 401 cm³/mol. The lowest BCUT2D eigenvalue weighted by Gasteiger charge is -2.51. The normalized spacial score (nSPS) is 20.0. The van der Waals surface area contributed by atoms with Crippen LogP contribution in [-0.2, 0) is 50.4 Å². The van der Waals surface area contributed by atoms with Gasteiger partial charge in [0.05, 0.1) is 71.5 Å². The van der Waals surface area contributed by atoms with Crippen LogP contribution >= 0.6 is 35.3 Å². The fourth-order valence-corrected chi connectivity index (χ4v) is 19.0. The molecule has 27 nitrogen and oxygen atoms in total. The van der Waals surface area contributed by atoms with E-state index < -0.39 is 137 Å². The highest BCUT2D eigenvalue weighted by Gasteiger charge is 2.51. The smallest absolute Gasteiger partial charge is 0.502 e. The number of morpholine rings is 3. The molecule has 3 aromatic heterocycles. The number of aromatic hydroxyl groups is 1. The van der Waals surface area contributed by atoms with Crippen LogP contribution in [0.25, 0.3) is 0 Å². The van der Waals surface area contributed by atoms with Gasteiger partial charge in [-0.05, 0) is 76.7 Å². The SMILES string of the molecule is CCOC(=O)OCOc1c2n(ccc1=O)N([C@@H]1c3ccccc3SCc3c1ccc(F)c3F)[C@@H]1COCCN1C2=O.COC(=O)OCOc1c2n(ccc1=O)N([C@@H]1c3ccccc3SCc3c1ccc(F)c3F)[C@@H]1COCCN1C2=O.O=C1c2c(O)c(=O)ccn2N([C@@H]2c3ccccc3SCc3c2ccc(F)c3F)[C@@H]2COCCN12. The van der Waals surface area contributed by atoms with Crippen LogP contribution in [-0.4, -0.2) is 169 Å². The van der Waals surface area contributed by atoms with Gasteiger partial charge >= 0.3 is 12.3 Å². The van der Waals surface area contributed by atoms with Crippen LogP contribution in [0.3, 0.4) is 0 Å². The first-order valence-electron chi connectivity index (χ1n) is 36.1. The molecule has 6 aromatic carbocycles. The molecule has 12 heterocycles. The van der Waals surface area contributed by atoms with Crippen LogP contribution in [0, 0.1) is 34.9 Å². The standard InChI is InChI=1S/C28H25F2N3O7S.C27H23F2N3O7S.C24H19F2N3O4S/c1-2-38-28(36)40-15-39-26-20(34)9-10-32-25(26)27(35)31-11-12-37-13-22(31)33(32)24-16-7-8-19(29)23(30)18(16)14-41-21-6-4-3-5-17(21)24;1-36-27(35)39-14-38-25-19(33)8-9-31-24(25)26(34)30-10-11-37-12-21(30)32(31)23-15-6-7-18(28)22(29)17(15)13-40-20-5-3-2-4-16(20)23;25-16-6-5-13-15(20(16)26)12-34-18-4-2-1-3-14(18)21(13)29-19-11-33-10-9-27(19)24(32)22-23(31)17(30)7-8-28(22)29/h3-10,22,24H,2,11-15H2,1H3;2-9,21,23H,10-14H2,1H3;1-8,19,21,31H,9-12H2/t22-,24+;21-,23+;19-,21+/m111/s1. The van der Waals surface area contributed by atoms with Gasteiger partial charge in [-0.15, -0.1) is 35.3 Å². The third-order valence-electron chi connectivity index (χ3n) is 20.8. The van der Waals surface area contributed by atoms with Crippen LogP contribution in [0.2, 0.25) is 0 Å². The molecular weight excluding hydrogens is 1570 g/mol. The Balaban J connectivity index is 0.000000130. The fraction of sp³-hybridized carbons (Fsp3) is 0.291. The van der Waals surface area contributed by atoms with E-state index in [1.165, 1.54) is 86.1 Å². The molecule has 3 amide bonds. The molecule has 36 heteroatoms. The molecule has 115 heavy (non-hydrogen) atoms. The second kappa shape index (κ2) is 32.4. The summed E-state index contributed by atoms with van der Waals surface area (Å²) in [6, 6.07) is 32.2. The number of benzene rings is 6. The molecule has 3 fully saturated rings. The van der Waals surface area contributed by atoms with Crippen molar-refractivity contribution >= 4 is 65.3 Å². The number of pyridine rings is 3. The van der Waals surface area contributed by atoms with Gasteiger partial charge in [0.2, 0.25) is 41.4 Å². The number of carbonyl (C=O) groups excluding carboxylic acids is 5. The molecule has 0 radical (unpaired) electrons. The average molecular weight is 1640 g/mol. The number of amides is 3. The first kappa shape index (κ1) is 77.4. The Labute approximate surface area is 661 Å². The van der Waals surface area contributed by atoms with Crippen LogP contribution in [0.1, 0.15) is 107 Å². The zero-order chi connectivity index (χ0) is 80.2. The number of hydrogen-bond donors (Lipinski definition) is 1. The molecule has 1 N–H and O–H groups in total.